The summed E-state index contributed by atoms with van der Waals surface area (Å²) < 4.78 is 48.7. The number of nitro groups is 1. The van der Waals surface area contributed by atoms with Gasteiger partial charge in [0, 0.05) is 11.6 Å². The van der Waals surface area contributed by atoms with E-state index in [0.717, 1.165) is 11.6 Å². The molecule has 0 saturated carbocycles. The molecule has 32 heavy (non-hydrogen) atoms. The third kappa shape index (κ3) is 4.94. The molecule has 1 aromatic heterocycles. The van der Waals surface area contributed by atoms with Crippen LogP contribution in [0.3, 0.4) is 0 Å². The van der Waals surface area contributed by atoms with E-state index in [-0.39, 0.29) is 11.4 Å². The number of esters is 1. The van der Waals surface area contributed by atoms with Crippen molar-refractivity contribution in [2.75, 3.05) is 12.5 Å². The van der Waals surface area contributed by atoms with Gasteiger partial charge in [-0.3, -0.25) is 15.5 Å². The molecule has 0 aliphatic carbocycles. The van der Waals surface area contributed by atoms with Crippen molar-refractivity contribution in [1.29, 1.82) is 0 Å². The summed E-state index contributed by atoms with van der Waals surface area (Å²) in [6, 6.07) is 10.3. The first-order valence-electron chi connectivity index (χ1n) is 9.04. The topological polar surface area (TPSA) is 107 Å². The number of halogens is 3. The zero-order valence-corrected chi connectivity index (χ0v) is 16.8. The van der Waals surface area contributed by atoms with Crippen LogP contribution in [0.5, 0.6) is 0 Å². The highest BCUT2D eigenvalue weighted by molar-refractivity contribution is 5.91. The molecule has 1 N–H and O–H groups in total. The molecule has 2 aromatic carbocycles. The molecular weight excluding hydrogens is 431 g/mol. The van der Waals surface area contributed by atoms with Gasteiger partial charge in [-0.05, 0) is 48.9 Å². The van der Waals surface area contributed by atoms with Crippen molar-refractivity contribution in [1.82, 2.24) is 0 Å². The molecule has 166 valence electrons. The van der Waals surface area contributed by atoms with E-state index in [1.54, 1.807) is 30.3 Å². The minimum Gasteiger partial charge on any atom is -0.465 e. The molecule has 0 unspecified atom stereocenters. The molecule has 0 aliphatic heterocycles. The molecule has 0 amide bonds. The molecule has 0 spiro atoms. The van der Waals surface area contributed by atoms with E-state index in [4.69, 9.17) is 9.15 Å². The number of methoxy groups -OCH3 is 1. The molecule has 8 nitrogen and oxygen atoms in total. The molecule has 1 heterocycles. The van der Waals surface area contributed by atoms with Gasteiger partial charge in [-0.2, -0.15) is 18.3 Å². The molecule has 3 aromatic rings. The SMILES string of the molecule is COC(=O)c1ccc(C)c(-c2ccc(/C=N\Nc3ccc(C(F)(F)F)cc3[N+](=O)[O-])o2)c1. The maximum absolute atomic E-state index is 12.8. The molecule has 0 aliphatic rings. The zero-order chi connectivity index (χ0) is 23.5. The molecule has 0 radical (unpaired) electrons. The molecule has 3 rings (SSSR count). The lowest BCUT2D eigenvalue weighted by Crippen LogP contribution is -2.06. The zero-order valence-electron chi connectivity index (χ0n) is 16.8. The predicted molar refractivity (Wildman–Crippen MR) is 110 cm³/mol. The Balaban J connectivity index is 1.81. The normalized spacial score (nSPS) is 11.5. The monoisotopic (exact) mass is 447 g/mol. The number of hydrogen-bond acceptors (Lipinski definition) is 7. The number of nitro benzene ring substituents is 1. The smallest absolute Gasteiger partial charge is 0.416 e. The second-order valence-electron chi connectivity index (χ2n) is 6.58. The number of hydrogen-bond donors (Lipinski definition) is 1. The van der Waals surface area contributed by atoms with Gasteiger partial charge in [0.1, 0.15) is 17.2 Å². The van der Waals surface area contributed by atoms with Gasteiger partial charge in [0.2, 0.25) is 0 Å². The van der Waals surface area contributed by atoms with E-state index >= 15 is 0 Å². The number of nitrogens with one attached hydrogen (secondary N) is 1. The second kappa shape index (κ2) is 8.92. The lowest BCUT2D eigenvalue weighted by molar-refractivity contribution is -0.384. The minimum absolute atomic E-state index is 0.215. The Kier molecular flexibility index (Phi) is 6.28. The van der Waals surface area contributed by atoms with Crippen molar-refractivity contribution in [3.63, 3.8) is 0 Å². The van der Waals surface area contributed by atoms with Gasteiger partial charge in [-0.15, -0.1) is 0 Å². The van der Waals surface area contributed by atoms with Crippen LogP contribution in [0, 0.1) is 17.0 Å². The lowest BCUT2D eigenvalue weighted by atomic mass is 10.0. The van der Waals surface area contributed by atoms with E-state index in [9.17, 15) is 28.1 Å². The molecule has 11 heteroatoms. The number of nitrogens with zero attached hydrogens (tertiary/aromatic N) is 2. The Morgan fingerprint density at radius 2 is 1.94 bits per heavy atom. The third-order valence-corrected chi connectivity index (χ3v) is 4.45. The van der Waals surface area contributed by atoms with E-state index < -0.39 is 28.3 Å². The first-order chi connectivity index (χ1) is 15.1. The largest absolute Gasteiger partial charge is 0.465 e. The number of anilines is 1. The Labute approximate surface area is 179 Å². The first kappa shape index (κ1) is 22.5. The number of aryl methyl sites for hydroxylation is 1. The Morgan fingerprint density at radius 1 is 1.19 bits per heavy atom. The van der Waals surface area contributed by atoms with Crippen molar-refractivity contribution in [2.45, 2.75) is 13.1 Å². The van der Waals surface area contributed by atoms with Crippen LogP contribution < -0.4 is 5.43 Å². The summed E-state index contributed by atoms with van der Waals surface area (Å²) in [5.74, 6) is 0.210. The summed E-state index contributed by atoms with van der Waals surface area (Å²) in [6.07, 6.45) is -3.50. The van der Waals surface area contributed by atoms with Crippen molar-refractivity contribution in [2.24, 2.45) is 5.10 Å². The minimum atomic E-state index is -4.71. The summed E-state index contributed by atoms with van der Waals surface area (Å²) >= 11 is 0. The van der Waals surface area contributed by atoms with Gasteiger partial charge in [0.15, 0.2) is 0 Å². The number of furan rings is 1. The number of carbonyl (C=O) groups excluding carboxylic acids is 1. The molecule has 0 bridgehead atoms. The highest BCUT2D eigenvalue weighted by Gasteiger charge is 2.33. The van der Waals surface area contributed by atoms with Crippen LogP contribution in [0.25, 0.3) is 11.3 Å². The average Bonchev–Trinajstić information content (AvgIpc) is 3.21. The maximum Gasteiger partial charge on any atom is 0.416 e. The van der Waals surface area contributed by atoms with Crippen molar-refractivity contribution in [3.05, 3.63) is 81.1 Å². The molecule has 0 saturated heterocycles. The van der Waals surface area contributed by atoms with Gasteiger partial charge in [0.25, 0.3) is 5.69 Å². The summed E-state index contributed by atoms with van der Waals surface area (Å²) in [5, 5.41) is 14.9. The number of rotatable bonds is 6. The van der Waals surface area contributed by atoms with E-state index in [0.29, 0.717) is 29.0 Å². The van der Waals surface area contributed by atoms with Crippen molar-refractivity contribution < 1.29 is 32.0 Å². The fraction of sp³-hybridized carbons (Fsp3) is 0.143. The van der Waals surface area contributed by atoms with Gasteiger partial charge in [-0.1, -0.05) is 6.07 Å². The number of benzene rings is 2. The summed E-state index contributed by atoms with van der Waals surface area (Å²) in [4.78, 5) is 21.9. The third-order valence-electron chi connectivity index (χ3n) is 4.45. The number of alkyl halides is 3. The van der Waals surface area contributed by atoms with Crippen molar-refractivity contribution in [3.8, 4) is 11.3 Å². The van der Waals surface area contributed by atoms with Gasteiger partial charge in [-0.25, -0.2) is 4.79 Å². The average molecular weight is 447 g/mol. The van der Waals surface area contributed by atoms with Crippen LogP contribution >= 0.6 is 0 Å². The van der Waals surface area contributed by atoms with E-state index in [1.807, 2.05) is 6.92 Å². The molecular formula is C21H16F3N3O5. The molecule has 0 fully saturated rings. The summed E-state index contributed by atoms with van der Waals surface area (Å²) in [6.45, 7) is 1.83. The summed E-state index contributed by atoms with van der Waals surface area (Å²) in [5.41, 5.74) is 2.06. The van der Waals surface area contributed by atoms with Gasteiger partial charge >= 0.3 is 12.1 Å². The van der Waals surface area contributed by atoms with Crippen LogP contribution in [0.1, 0.15) is 27.2 Å². The first-order valence-corrected chi connectivity index (χ1v) is 9.04. The van der Waals surface area contributed by atoms with Crippen LogP contribution in [0.2, 0.25) is 0 Å². The Morgan fingerprint density at radius 3 is 2.59 bits per heavy atom. The fourth-order valence-corrected chi connectivity index (χ4v) is 2.82. The number of ether oxygens (including phenoxy) is 1. The Bertz CT molecular complexity index is 1200. The molecule has 0 atom stereocenters. The number of hydrazone groups is 1. The van der Waals surface area contributed by atoms with E-state index in [1.165, 1.54) is 13.3 Å². The highest BCUT2D eigenvalue weighted by Crippen LogP contribution is 2.35. The van der Waals surface area contributed by atoms with Crippen molar-refractivity contribution >= 4 is 23.6 Å². The lowest BCUT2D eigenvalue weighted by Gasteiger charge is -2.08. The van der Waals surface area contributed by atoms with Gasteiger partial charge < -0.3 is 9.15 Å². The standard InChI is InChI=1S/C21H16F3N3O5/c1-12-3-4-13(20(28)31-2)9-16(12)19-8-6-15(32-19)11-25-26-17-7-5-14(21(22,23)24)10-18(17)27(29)30/h3-11,26H,1-2H3/b25-11-. The van der Waals surface area contributed by atoms with Crippen LogP contribution in [-0.2, 0) is 10.9 Å². The summed E-state index contributed by atoms with van der Waals surface area (Å²) in [7, 11) is 1.28. The number of carbonyl (C=O) groups is 1. The maximum atomic E-state index is 12.8. The predicted octanol–water partition coefficient (Wildman–Crippen LogP) is 5.41. The van der Waals surface area contributed by atoms with Crippen LogP contribution in [-0.4, -0.2) is 24.2 Å². The van der Waals surface area contributed by atoms with E-state index in [2.05, 4.69) is 10.5 Å². The fourth-order valence-electron chi connectivity index (χ4n) is 2.82. The Hall–Kier alpha value is -4.15. The highest BCUT2D eigenvalue weighted by atomic mass is 19.4. The quantitative estimate of drug-likeness (QED) is 0.234. The van der Waals surface area contributed by atoms with Gasteiger partial charge in [0.05, 0.1) is 29.4 Å². The van der Waals surface area contributed by atoms with Crippen LogP contribution in [0.15, 0.2) is 58.0 Å². The second-order valence-corrected chi connectivity index (χ2v) is 6.58. The van der Waals surface area contributed by atoms with Crippen LogP contribution in [0.4, 0.5) is 24.5 Å².